The highest BCUT2D eigenvalue weighted by molar-refractivity contribution is 6.85. The first-order valence-electron chi connectivity index (χ1n) is 15.4. The first-order valence-corrected chi connectivity index (χ1v) is 23.8. The molecule has 1 unspecified atom stereocenters. The van der Waals surface area contributed by atoms with Crippen molar-refractivity contribution in [2.24, 2.45) is 0 Å². The molecule has 0 aliphatic carbocycles. The molecule has 0 aromatic carbocycles. The highest BCUT2D eigenvalue weighted by Crippen LogP contribution is 2.25. The van der Waals surface area contributed by atoms with Gasteiger partial charge in [0.1, 0.15) is 0 Å². The Morgan fingerprint density at radius 1 is 0.512 bits per heavy atom. The molecule has 0 spiro atoms. The molecule has 0 aliphatic heterocycles. The molecule has 14 heteroatoms. The van der Waals surface area contributed by atoms with Crippen LogP contribution in [-0.4, -0.2) is 143 Å². The number of ether oxygens (including phenoxy) is 8. The molecule has 0 radical (unpaired) electrons. The van der Waals surface area contributed by atoms with Gasteiger partial charge in [0.05, 0.1) is 106 Å². The topological polar surface area (TPSA) is 113 Å². The standard InChI is InChI=1S/C27H62O11Si3/c1-7-26-40(4,5)38-41(6,37-39(2)3)27-8-10-29-12-14-31-16-18-33-20-22-35-24-25-36-23-21-34-19-17-32-15-13-30-11-9-28/h28,39H,7-27H2,1-6H3. The van der Waals surface area contributed by atoms with Crippen LogP contribution in [0.25, 0.3) is 0 Å². The Bertz CT molecular complexity index is 551. The third-order valence-corrected chi connectivity index (χ3v) is 16.4. The van der Waals surface area contributed by atoms with Crippen LogP contribution in [0, 0.1) is 0 Å². The molecular weight excluding hydrogens is 585 g/mol. The maximum atomic E-state index is 8.58. The van der Waals surface area contributed by atoms with E-state index in [0.717, 1.165) is 12.5 Å². The predicted molar refractivity (Wildman–Crippen MR) is 168 cm³/mol. The van der Waals surface area contributed by atoms with Gasteiger partial charge >= 0.3 is 8.56 Å². The van der Waals surface area contributed by atoms with E-state index in [1.807, 2.05) is 0 Å². The van der Waals surface area contributed by atoms with Gasteiger partial charge in [-0.25, -0.2) is 0 Å². The normalized spacial score (nSPS) is 13.8. The minimum atomic E-state index is -2.14. The number of aliphatic hydroxyl groups excluding tert-OH is 1. The Morgan fingerprint density at radius 2 is 0.854 bits per heavy atom. The van der Waals surface area contributed by atoms with Crippen molar-refractivity contribution < 1.29 is 51.2 Å². The lowest BCUT2D eigenvalue weighted by Gasteiger charge is -2.37. The van der Waals surface area contributed by atoms with Crippen molar-refractivity contribution in [1.29, 1.82) is 0 Å². The molecule has 0 saturated carbocycles. The van der Waals surface area contributed by atoms with E-state index in [1.54, 1.807) is 0 Å². The molecule has 0 amide bonds. The van der Waals surface area contributed by atoms with Crippen molar-refractivity contribution in [3.8, 4) is 0 Å². The molecule has 248 valence electrons. The van der Waals surface area contributed by atoms with E-state index in [2.05, 4.69) is 39.7 Å². The second-order valence-corrected chi connectivity index (χ2v) is 21.3. The highest BCUT2D eigenvalue weighted by atomic mass is 28.5. The van der Waals surface area contributed by atoms with Crippen molar-refractivity contribution in [2.75, 3.05) is 112 Å². The van der Waals surface area contributed by atoms with E-state index in [0.29, 0.717) is 106 Å². The molecule has 11 nitrogen and oxygen atoms in total. The summed E-state index contributed by atoms with van der Waals surface area (Å²) in [6, 6.07) is 2.16. The maximum absolute atomic E-state index is 8.58. The third kappa shape index (κ3) is 30.0. The molecule has 0 rings (SSSR count). The Morgan fingerprint density at radius 3 is 1.17 bits per heavy atom. The van der Waals surface area contributed by atoms with Gasteiger partial charge in [-0.3, -0.25) is 0 Å². The monoisotopic (exact) mass is 646 g/mol. The lowest BCUT2D eigenvalue weighted by Crippen LogP contribution is -2.50. The van der Waals surface area contributed by atoms with Crippen LogP contribution in [0.4, 0.5) is 0 Å². The molecule has 0 bridgehead atoms. The number of rotatable bonds is 33. The van der Waals surface area contributed by atoms with Crippen LogP contribution in [0.3, 0.4) is 0 Å². The van der Waals surface area contributed by atoms with Gasteiger partial charge in [-0.15, -0.1) is 0 Å². The van der Waals surface area contributed by atoms with Crippen LogP contribution >= 0.6 is 0 Å². The number of hydrogen-bond donors (Lipinski definition) is 1. The zero-order chi connectivity index (χ0) is 30.5. The van der Waals surface area contributed by atoms with Crippen LogP contribution in [0.1, 0.15) is 19.8 Å². The Hall–Kier alpha value is 0.211. The average Bonchev–Trinajstić information content (AvgIpc) is 2.89. The summed E-state index contributed by atoms with van der Waals surface area (Å²) < 4.78 is 56.8. The molecule has 41 heavy (non-hydrogen) atoms. The molecule has 0 fully saturated rings. The van der Waals surface area contributed by atoms with Crippen molar-refractivity contribution in [3.05, 3.63) is 0 Å². The molecule has 0 saturated heterocycles. The van der Waals surface area contributed by atoms with Crippen molar-refractivity contribution in [3.63, 3.8) is 0 Å². The highest BCUT2D eigenvalue weighted by Gasteiger charge is 2.38. The maximum Gasteiger partial charge on any atom is 0.314 e. The van der Waals surface area contributed by atoms with E-state index in [-0.39, 0.29) is 6.61 Å². The summed E-state index contributed by atoms with van der Waals surface area (Å²) in [5.41, 5.74) is 0. The quantitative estimate of drug-likeness (QED) is 0.0838. The average molecular weight is 647 g/mol. The fourth-order valence-corrected chi connectivity index (χ4v) is 16.6. The van der Waals surface area contributed by atoms with Gasteiger partial charge < -0.3 is 51.2 Å². The SMILES string of the molecule is CCC[Si](C)(C)O[Si](C)(CCCOCCOCCOCCOCCOCCOCCOCCOCCO)O[SiH](C)C. The summed E-state index contributed by atoms with van der Waals surface area (Å²) >= 11 is 0. The largest absolute Gasteiger partial charge is 0.439 e. The molecule has 0 aromatic rings. The van der Waals surface area contributed by atoms with Crippen molar-refractivity contribution >= 4 is 25.9 Å². The van der Waals surface area contributed by atoms with E-state index < -0.39 is 25.9 Å². The summed E-state index contributed by atoms with van der Waals surface area (Å²) in [5, 5.41) is 8.58. The Kier molecular flexibility index (Phi) is 29.1. The predicted octanol–water partition coefficient (Wildman–Crippen LogP) is 3.21. The fourth-order valence-electron chi connectivity index (χ4n) is 4.07. The van der Waals surface area contributed by atoms with E-state index in [1.165, 1.54) is 12.5 Å². The summed E-state index contributed by atoms with van der Waals surface area (Å²) in [4.78, 5) is 0. The zero-order valence-electron chi connectivity index (χ0n) is 27.0. The summed E-state index contributed by atoms with van der Waals surface area (Å²) in [6.07, 6.45) is 2.13. The van der Waals surface area contributed by atoms with Crippen LogP contribution in [0.15, 0.2) is 0 Å². The van der Waals surface area contributed by atoms with Gasteiger partial charge in [0.2, 0.25) is 0 Å². The summed E-state index contributed by atoms with van der Waals surface area (Å²) in [5.74, 6) is 0. The van der Waals surface area contributed by atoms with Gasteiger partial charge in [-0.05, 0) is 51.2 Å². The zero-order valence-corrected chi connectivity index (χ0v) is 30.1. The van der Waals surface area contributed by atoms with Gasteiger partial charge in [-0.1, -0.05) is 13.3 Å². The third-order valence-electron chi connectivity index (χ3n) is 5.59. The van der Waals surface area contributed by atoms with Crippen LogP contribution in [0.5, 0.6) is 0 Å². The van der Waals surface area contributed by atoms with E-state index in [9.17, 15) is 0 Å². The van der Waals surface area contributed by atoms with Crippen molar-refractivity contribution in [2.45, 2.75) is 64.6 Å². The molecule has 0 heterocycles. The second-order valence-electron chi connectivity index (χ2n) is 10.6. The van der Waals surface area contributed by atoms with Gasteiger partial charge in [0, 0.05) is 6.61 Å². The van der Waals surface area contributed by atoms with Crippen LogP contribution in [0.2, 0.25) is 44.8 Å². The first-order chi connectivity index (χ1) is 19.7. The smallest absolute Gasteiger partial charge is 0.314 e. The minimum Gasteiger partial charge on any atom is -0.439 e. The van der Waals surface area contributed by atoms with Gasteiger partial charge in [0.25, 0.3) is 0 Å². The Labute approximate surface area is 253 Å². The summed E-state index contributed by atoms with van der Waals surface area (Å²) in [6.45, 7) is 22.0. The summed E-state index contributed by atoms with van der Waals surface area (Å²) in [7, 11) is -4.96. The number of aliphatic hydroxyl groups is 1. The molecule has 0 aliphatic rings. The first kappa shape index (κ1) is 41.2. The van der Waals surface area contributed by atoms with Crippen LogP contribution < -0.4 is 0 Å². The van der Waals surface area contributed by atoms with Crippen molar-refractivity contribution in [1.82, 2.24) is 0 Å². The number of hydrogen-bond acceptors (Lipinski definition) is 11. The fraction of sp³-hybridized carbons (Fsp3) is 1.00. The van der Waals surface area contributed by atoms with E-state index in [4.69, 9.17) is 51.2 Å². The minimum absolute atomic E-state index is 0.0304. The van der Waals surface area contributed by atoms with E-state index >= 15 is 0 Å². The van der Waals surface area contributed by atoms with Gasteiger partial charge in [0.15, 0.2) is 17.4 Å². The van der Waals surface area contributed by atoms with Gasteiger partial charge in [-0.2, -0.15) is 0 Å². The molecule has 1 atom stereocenters. The Balaban J connectivity index is 3.43. The molecule has 0 aromatic heterocycles. The molecule has 1 N–H and O–H groups in total. The molecular formula is C27H62O11Si3. The van der Waals surface area contributed by atoms with Crippen LogP contribution in [-0.2, 0) is 46.1 Å². The second kappa shape index (κ2) is 29.0. The lowest BCUT2D eigenvalue weighted by molar-refractivity contribution is -0.0238. The lowest BCUT2D eigenvalue weighted by atomic mass is 10.5.